The van der Waals surface area contributed by atoms with E-state index in [1.807, 2.05) is 0 Å². The predicted octanol–water partition coefficient (Wildman–Crippen LogP) is 6.27. The molecule has 0 spiro atoms. The van der Waals surface area contributed by atoms with Crippen LogP contribution in [0.15, 0.2) is 36.9 Å². The van der Waals surface area contributed by atoms with E-state index >= 15 is 0 Å². The van der Waals surface area contributed by atoms with Crippen molar-refractivity contribution in [3.63, 3.8) is 0 Å². The lowest BCUT2D eigenvalue weighted by atomic mass is 9.77. The third kappa shape index (κ3) is 4.51. The second-order valence-corrected chi connectivity index (χ2v) is 6.44. The molecule has 1 aromatic carbocycles. The van der Waals surface area contributed by atoms with E-state index in [1.54, 1.807) is 5.56 Å². The molecule has 0 heteroatoms. The summed E-state index contributed by atoms with van der Waals surface area (Å²) in [5.41, 5.74) is 3.09. The van der Waals surface area contributed by atoms with Gasteiger partial charge in [-0.15, -0.1) is 6.58 Å². The zero-order chi connectivity index (χ0) is 14.2. The van der Waals surface area contributed by atoms with Crippen LogP contribution in [0.4, 0.5) is 0 Å². The number of benzene rings is 1. The van der Waals surface area contributed by atoms with Crippen molar-refractivity contribution >= 4 is 0 Å². The molecule has 0 saturated heterocycles. The highest BCUT2D eigenvalue weighted by Gasteiger charge is 2.21. The minimum atomic E-state index is 0.806. The Morgan fingerprint density at radius 3 is 2.35 bits per heavy atom. The number of aryl methyl sites for hydroxylation is 1. The highest BCUT2D eigenvalue weighted by molar-refractivity contribution is 5.26. The van der Waals surface area contributed by atoms with Crippen molar-refractivity contribution in [3.05, 3.63) is 48.0 Å². The molecular formula is C20H30. The fraction of sp³-hybridized carbons (Fsp3) is 0.600. The Labute approximate surface area is 125 Å². The summed E-state index contributed by atoms with van der Waals surface area (Å²) in [6, 6.07) is 9.50. The van der Waals surface area contributed by atoms with E-state index in [4.69, 9.17) is 0 Å². The van der Waals surface area contributed by atoms with E-state index in [1.165, 1.54) is 63.4 Å². The summed E-state index contributed by atoms with van der Waals surface area (Å²) in [5, 5.41) is 0. The largest absolute Gasteiger partial charge is 0.103 e. The Kier molecular flexibility index (Phi) is 6.36. The molecule has 2 rings (SSSR count). The van der Waals surface area contributed by atoms with Gasteiger partial charge >= 0.3 is 0 Å². The number of hydrogen-bond donors (Lipinski definition) is 0. The monoisotopic (exact) mass is 270 g/mol. The lowest BCUT2D eigenvalue weighted by Crippen LogP contribution is -2.12. The summed E-state index contributed by atoms with van der Waals surface area (Å²) in [4.78, 5) is 0. The molecule has 0 aromatic heterocycles. The standard InChI is InChI=1S/C20H30/c1-3-5-6-8-18-11-15-20(16-12-18)19-13-9-17(7-4-2)10-14-19/h4,11-12,15-17,19H,2-3,5-10,13-14H2,1H3. The molecule has 0 N–H and O–H groups in total. The van der Waals surface area contributed by atoms with Crippen LogP contribution in [0, 0.1) is 5.92 Å². The van der Waals surface area contributed by atoms with Gasteiger partial charge in [0.2, 0.25) is 0 Å². The Morgan fingerprint density at radius 2 is 1.75 bits per heavy atom. The van der Waals surface area contributed by atoms with Gasteiger partial charge in [0.1, 0.15) is 0 Å². The molecule has 1 fully saturated rings. The summed E-state index contributed by atoms with van der Waals surface area (Å²) < 4.78 is 0. The highest BCUT2D eigenvalue weighted by atomic mass is 14.3. The minimum Gasteiger partial charge on any atom is -0.103 e. The van der Waals surface area contributed by atoms with Crippen molar-refractivity contribution in [3.8, 4) is 0 Å². The number of rotatable bonds is 7. The fourth-order valence-electron chi connectivity index (χ4n) is 3.50. The fourth-order valence-corrected chi connectivity index (χ4v) is 3.50. The van der Waals surface area contributed by atoms with Crippen LogP contribution >= 0.6 is 0 Å². The molecular weight excluding hydrogens is 240 g/mol. The van der Waals surface area contributed by atoms with Gasteiger partial charge < -0.3 is 0 Å². The first-order valence-corrected chi connectivity index (χ1v) is 8.53. The van der Waals surface area contributed by atoms with Crippen molar-refractivity contribution in [1.29, 1.82) is 0 Å². The summed E-state index contributed by atoms with van der Waals surface area (Å²) >= 11 is 0. The molecule has 110 valence electrons. The molecule has 0 heterocycles. The van der Waals surface area contributed by atoms with Crippen molar-refractivity contribution in [1.82, 2.24) is 0 Å². The zero-order valence-corrected chi connectivity index (χ0v) is 13.1. The number of allylic oxidation sites excluding steroid dienone is 1. The average molecular weight is 270 g/mol. The molecule has 1 saturated carbocycles. The minimum absolute atomic E-state index is 0.806. The number of hydrogen-bond acceptors (Lipinski definition) is 0. The van der Waals surface area contributed by atoms with E-state index in [-0.39, 0.29) is 0 Å². The van der Waals surface area contributed by atoms with Crippen molar-refractivity contribution in [2.45, 2.75) is 70.6 Å². The maximum absolute atomic E-state index is 3.87. The van der Waals surface area contributed by atoms with Crippen LogP contribution in [0.3, 0.4) is 0 Å². The molecule has 0 bridgehead atoms. The van der Waals surface area contributed by atoms with Gasteiger partial charge in [-0.1, -0.05) is 50.1 Å². The van der Waals surface area contributed by atoms with Crippen LogP contribution < -0.4 is 0 Å². The second-order valence-electron chi connectivity index (χ2n) is 6.44. The van der Waals surface area contributed by atoms with Gasteiger partial charge in [0.25, 0.3) is 0 Å². The molecule has 1 aromatic rings. The quantitative estimate of drug-likeness (QED) is 0.404. The van der Waals surface area contributed by atoms with Crippen LogP contribution in [0.25, 0.3) is 0 Å². The third-order valence-electron chi connectivity index (χ3n) is 4.87. The van der Waals surface area contributed by atoms with E-state index in [0.29, 0.717) is 0 Å². The first-order valence-electron chi connectivity index (χ1n) is 8.53. The lowest BCUT2D eigenvalue weighted by Gasteiger charge is -2.28. The molecule has 20 heavy (non-hydrogen) atoms. The van der Waals surface area contributed by atoms with Crippen molar-refractivity contribution in [2.24, 2.45) is 5.92 Å². The molecule has 0 unspecified atom stereocenters. The molecule has 0 amide bonds. The third-order valence-corrected chi connectivity index (χ3v) is 4.87. The van der Waals surface area contributed by atoms with E-state index in [0.717, 1.165) is 11.8 Å². The van der Waals surface area contributed by atoms with Gasteiger partial charge in [-0.25, -0.2) is 0 Å². The summed E-state index contributed by atoms with van der Waals surface area (Å²) in [5.74, 6) is 1.71. The van der Waals surface area contributed by atoms with Crippen LogP contribution in [-0.2, 0) is 6.42 Å². The highest BCUT2D eigenvalue weighted by Crippen LogP contribution is 2.37. The van der Waals surface area contributed by atoms with Crippen LogP contribution in [0.5, 0.6) is 0 Å². The van der Waals surface area contributed by atoms with Gasteiger partial charge in [0, 0.05) is 0 Å². The number of unbranched alkanes of at least 4 members (excludes halogenated alkanes) is 2. The van der Waals surface area contributed by atoms with Crippen molar-refractivity contribution in [2.75, 3.05) is 0 Å². The van der Waals surface area contributed by atoms with Gasteiger partial charge in [-0.05, 0) is 67.9 Å². The molecule has 0 atom stereocenters. The van der Waals surface area contributed by atoms with Gasteiger partial charge in [0.15, 0.2) is 0 Å². The lowest BCUT2D eigenvalue weighted by molar-refractivity contribution is 0.328. The SMILES string of the molecule is C=CCC1CCC(c2ccc(CCCCC)cc2)CC1. The van der Waals surface area contributed by atoms with Gasteiger partial charge in [0.05, 0.1) is 0 Å². The normalized spacial score (nSPS) is 22.6. The average Bonchev–Trinajstić information content (AvgIpc) is 2.49. The summed E-state index contributed by atoms with van der Waals surface area (Å²) in [6.45, 7) is 6.14. The first kappa shape index (κ1) is 15.4. The van der Waals surface area contributed by atoms with Crippen LogP contribution in [0.1, 0.15) is 75.3 Å². The maximum atomic E-state index is 3.87. The molecule has 1 aliphatic rings. The maximum Gasteiger partial charge on any atom is -0.0162 e. The van der Waals surface area contributed by atoms with Crippen LogP contribution in [-0.4, -0.2) is 0 Å². The van der Waals surface area contributed by atoms with Crippen molar-refractivity contribution < 1.29 is 0 Å². The van der Waals surface area contributed by atoms with Crippen LogP contribution in [0.2, 0.25) is 0 Å². The van der Waals surface area contributed by atoms with E-state index < -0.39 is 0 Å². The molecule has 0 aliphatic heterocycles. The molecule has 1 aliphatic carbocycles. The molecule has 0 nitrogen and oxygen atoms in total. The Balaban J connectivity index is 1.83. The summed E-state index contributed by atoms with van der Waals surface area (Å²) in [7, 11) is 0. The predicted molar refractivity (Wildman–Crippen MR) is 89.2 cm³/mol. The Bertz CT molecular complexity index is 379. The Hall–Kier alpha value is -1.04. The smallest absolute Gasteiger partial charge is 0.0162 e. The Morgan fingerprint density at radius 1 is 1.05 bits per heavy atom. The topological polar surface area (TPSA) is 0 Å². The molecule has 0 radical (unpaired) electrons. The second kappa shape index (κ2) is 8.29. The van der Waals surface area contributed by atoms with Gasteiger partial charge in [-0.3, -0.25) is 0 Å². The summed E-state index contributed by atoms with van der Waals surface area (Å²) in [6.07, 6.45) is 14.1. The van der Waals surface area contributed by atoms with E-state index in [2.05, 4.69) is 43.8 Å². The zero-order valence-electron chi connectivity index (χ0n) is 13.1. The first-order chi connectivity index (χ1) is 9.83. The van der Waals surface area contributed by atoms with E-state index in [9.17, 15) is 0 Å². The van der Waals surface area contributed by atoms with Gasteiger partial charge in [-0.2, -0.15) is 0 Å².